The van der Waals surface area contributed by atoms with Crippen LogP contribution in [0.15, 0.2) is 18.2 Å². The van der Waals surface area contributed by atoms with E-state index in [1.54, 1.807) is 11.8 Å². The fraction of sp³-hybridized carbons (Fsp3) is 0.588. The third-order valence-electron chi connectivity index (χ3n) is 3.94. The highest BCUT2D eigenvalue weighted by atomic mass is 19.1. The summed E-state index contributed by atoms with van der Waals surface area (Å²) in [6.45, 7) is 3.48. The number of benzene rings is 1. The summed E-state index contributed by atoms with van der Waals surface area (Å²) in [5.74, 6) is -1.19. The lowest BCUT2D eigenvalue weighted by molar-refractivity contribution is -0.00428. The van der Waals surface area contributed by atoms with Gasteiger partial charge >= 0.3 is 6.03 Å². The second-order valence-electron chi connectivity index (χ2n) is 6.12. The highest BCUT2D eigenvalue weighted by molar-refractivity contribution is 5.74. The Morgan fingerprint density at radius 3 is 2.79 bits per heavy atom. The molecule has 2 N–H and O–H groups in total. The van der Waals surface area contributed by atoms with Crippen molar-refractivity contribution in [3.05, 3.63) is 35.4 Å². The molecule has 2 rings (SSSR count). The van der Waals surface area contributed by atoms with Crippen LogP contribution in [0.3, 0.4) is 0 Å². The van der Waals surface area contributed by atoms with Crippen LogP contribution in [-0.2, 0) is 11.2 Å². The number of morpholine rings is 1. The molecule has 0 unspecified atom stereocenters. The van der Waals surface area contributed by atoms with E-state index in [0.717, 1.165) is 6.07 Å². The SMILES string of the molecule is C[C@H](O)C[C@@H]1COCCN1C(=O)NCCCc1cc(F)cc(F)c1. The van der Waals surface area contributed by atoms with Crippen LogP contribution in [-0.4, -0.2) is 54.5 Å². The van der Waals surface area contributed by atoms with Gasteiger partial charge in [-0.3, -0.25) is 0 Å². The molecule has 1 aromatic carbocycles. The Balaban J connectivity index is 1.77. The van der Waals surface area contributed by atoms with Crippen molar-refractivity contribution in [2.24, 2.45) is 0 Å². The van der Waals surface area contributed by atoms with Gasteiger partial charge in [-0.25, -0.2) is 13.6 Å². The lowest BCUT2D eigenvalue weighted by atomic mass is 10.1. The molecule has 5 nitrogen and oxygen atoms in total. The molecule has 1 saturated heterocycles. The maximum Gasteiger partial charge on any atom is 0.317 e. The van der Waals surface area contributed by atoms with Crippen molar-refractivity contribution >= 4 is 6.03 Å². The van der Waals surface area contributed by atoms with Gasteiger partial charge < -0.3 is 20.1 Å². The first-order valence-corrected chi connectivity index (χ1v) is 8.21. The number of nitrogens with zero attached hydrogens (tertiary/aromatic N) is 1. The molecule has 0 spiro atoms. The molecule has 2 amide bonds. The van der Waals surface area contributed by atoms with Crippen LogP contribution >= 0.6 is 0 Å². The van der Waals surface area contributed by atoms with Gasteiger partial charge in [0.25, 0.3) is 0 Å². The van der Waals surface area contributed by atoms with Crippen LogP contribution in [0.5, 0.6) is 0 Å². The van der Waals surface area contributed by atoms with Gasteiger partial charge in [-0.1, -0.05) is 0 Å². The van der Waals surface area contributed by atoms with E-state index in [-0.39, 0.29) is 12.1 Å². The number of carbonyl (C=O) groups is 1. The number of aliphatic hydroxyl groups is 1. The maximum atomic E-state index is 13.1. The summed E-state index contributed by atoms with van der Waals surface area (Å²) in [7, 11) is 0. The average molecular weight is 342 g/mol. The predicted octanol–water partition coefficient (Wildman–Crippen LogP) is 2.08. The Hall–Kier alpha value is -1.73. The highest BCUT2D eigenvalue weighted by Crippen LogP contribution is 2.13. The number of hydrogen-bond donors (Lipinski definition) is 2. The topological polar surface area (TPSA) is 61.8 Å². The molecule has 1 aliphatic heterocycles. The molecule has 0 bridgehead atoms. The minimum atomic E-state index is -0.594. The molecule has 1 heterocycles. The average Bonchev–Trinajstić information content (AvgIpc) is 2.50. The molecule has 134 valence electrons. The minimum absolute atomic E-state index is 0.143. The number of urea groups is 1. The van der Waals surface area contributed by atoms with Crippen molar-refractivity contribution in [3.63, 3.8) is 0 Å². The van der Waals surface area contributed by atoms with E-state index in [9.17, 15) is 18.7 Å². The first-order valence-electron chi connectivity index (χ1n) is 8.21. The van der Waals surface area contributed by atoms with Gasteiger partial charge in [-0.2, -0.15) is 0 Å². The zero-order valence-corrected chi connectivity index (χ0v) is 13.8. The van der Waals surface area contributed by atoms with E-state index in [4.69, 9.17) is 4.74 Å². The van der Waals surface area contributed by atoms with Crippen molar-refractivity contribution in [1.29, 1.82) is 0 Å². The number of rotatable bonds is 6. The van der Waals surface area contributed by atoms with Gasteiger partial charge in [0.1, 0.15) is 11.6 Å². The summed E-state index contributed by atoms with van der Waals surface area (Å²) in [6, 6.07) is 3.09. The molecule has 1 fully saturated rings. The zero-order chi connectivity index (χ0) is 17.5. The number of aryl methyl sites for hydroxylation is 1. The number of aliphatic hydroxyl groups excluding tert-OH is 1. The van der Waals surface area contributed by atoms with E-state index >= 15 is 0 Å². The Kier molecular flexibility index (Phi) is 6.93. The molecule has 1 aliphatic rings. The van der Waals surface area contributed by atoms with E-state index in [1.165, 1.54) is 12.1 Å². The first-order chi connectivity index (χ1) is 11.5. The molecule has 2 atom stereocenters. The number of amides is 2. The summed E-state index contributed by atoms with van der Waals surface area (Å²) >= 11 is 0. The Bertz CT molecular complexity index is 534. The van der Waals surface area contributed by atoms with Gasteiger partial charge in [0.15, 0.2) is 0 Å². The van der Waals surface area contributed by atoms with Crippen molar-refractivity contribution in [3.8, 4) is 0 Å². The standard InChI is InChI=1S/C17H24F2N2O3/c1-12(22)7-16-11-24-6-5-21(16)17(23)20-4-2-3-13-8-14(18)10-15(19)9-13/h8-10,12,16,22H,2-7,11H2,1H3,(H,20,23)/t12-,16+/m0/s1. The van der Waals surface area contributed by atoms with Crippen LogP contribution in [0, 0.1) is 11.6 Å². The molecular formula is C17H24F2N2O3. The summed E-state index contributed by atoms with van der Waals surface area (Å²) < 4.78 is 31.6. The van der Waals surface area contributed by atoms with Crippen LogP contribution in [0.1, 0.15) is 25.3 Å². The number of halogens is 2. The fourth-order valence-corrected chi connectivity index (χ4v) is 2.86. The molecule has 0 saturated carbocycles. The number of carbonyl (C=O) groups excluding carboxylic acids is 1. The lowest BCUT2D eigenvalue weighted by Gasteiger charge is -2.36. The second-order valence-corrected chi connectivity index (χ2v) is 6.12. The largest absolute Gasteiger partial charge is 0.393 e. The zero-order valence-electron chi connectivity index (χ0n) is 13.8. The number of nitrogens with one attached hydrogen (secondary N) is 1. The molecule has 0 radical (unpaired) electrons. The van der Waals surface area contributed by atoms with Gasteiger partial charge in [0.05, 0.1) is 25.4 Å². The highest BCUT2D eigenvalue weighted by Gasteiger charge is 2.27. The molecule has 24 heavy (non-hydrogen) atoms. The summed E-state index contributed by atoms with van der Waals surface area (Å²) in [6.07, 6.45) is 1.03. The lowest BCUT2D eigenvalue weighted by Crippen LogP contribution is -2.53. The fourth-order valence-electron chi connectivity index (χ4n) is 2.86. The van der Waals surface area contributed by atoms with Crippen LogP contribution in [0.25, 0.3) is 0 Å². The second kappa shape index (κ2) is 8.94. The van der Waals surface area contributed by atoms with Crippen molar-refractivity contribution in [1.82, 2.24) is 10.2 Å². The summed E-state index contributed by atoms with van der Waals surface area (Å²) in [5, 5.41) is 12.3. The van der Waals surface area contributed by atoms with Gasteiger partial charge in [-0.05, 0) is 43.9 Å². The van der Waals surface area contributed by atoms with Crippen molar-refractivity contribution in [2.75, 3.05) is 26.3 Å². The summed E-state index contributed by atoms with van der Waals surface area (Å²) in [5.41, 5.74) is 0.570. The molecular weight excluding hydrogens is 318 g/mol. The number of hydrogen-bond acceptors (Lipinski definition) is 3. The molecule has 1 aromatic rings. The van der Waals surface area contributed by atoms with E-state index < -0.39 is 17.7 Å². The monoisotopic (exact) mass is 342 g/mol. The third kappa shape index (κ3) is 5.72. The smallest absolute Gasteiger partial charge is 0.317 e. The Morgan fingerprint density at radius 2 is 2.12 bits per heavy atom. The van der Waals surface area contributed by atoms with Gasteiger partial charge in [-0.15, -0.1) is 0 Å². The van der Waals surface area contributed by atoms with Crippen LogP contribution < -0.4 is 5.32 Å². The van der Waals surface area contributed by atoms with E-state index in [0.29, 0.717) is 51.1 Å². The quantitative estimate of drug-likeness (QED) is 0.778. The molecule has 0 aromatic heterocycles. The predicted molar refractivity (Wildman–Crippen MR) is 85.7 cm³/mol. The first kappa shape index (κ1) is 18.6. The Morgan fingerprint density at radius 1 is 1.42 bits per heavy atom. The van der Waals surface area contributed by atoms with Crippen LogP contribution in [0.4, 0.5) is 13.6 Å². The third-order valence-corrected chi connectivity index (χ3v) is 3.94. The maximum absolute atomic E-state index is 13.1. The van der Waals surface area contributed by atoms with Gasteiger partial charge in [0, 0.05) is 19.2 Å². The van der Waals surface area contributed by atoms with E-state index in [1.807, 2.05) is 0 Å². The van der Waals surface area contributed by atoms with Gasteiger partial charge in [0.2, 0.25) is 0 Å². The van der Waals surface area contributed by atoms with Crippen molar-refractivity contribution < 1.29 is 23.4 Å². The summed E-state index contributed by atoms with van der Waals surface area (Å²) in [4.78, 5) is 13.9. The molecule has 7 heteroatoms. The number of ether oxygens (including phenoxy) is 1. The minimum Gasteiger partial charge on any atom is -0.393 e. The van der Waals surface area contributed by atoms with Crippen LogP contribution in [0.2, 0.25) is 0 Å². The Labute approximate surface area is 140 Å². The van der Waals surface area contributed by atoms with Crippen molar-refractivity contribution in [2.45, 2.75) is 38.3 Å². The normalized spacial score (nSPS) is 19.2. The molecule has 0 aliphatic carbocycles. The van der Waals surface area contributed by atoms with E-state index in [2.05, 4.69) is 5.32 Å².